The van der Waals surface area contributed by atoms with Crippen LogP contribution >= 0.6 is 0 Å². The van der Waals surface area contributed by atoms with E-state index in [1.807, 2.05) is 85.0 Å². The van der Waals surface area contributed by atoms with Crippen molar-refractivity contribution in [1.29, 1.82) is 0 Å². The van der Waals surface area contributed by atoms with Crippen molar-refractivity contribution in [2.45, 2.75) is 20.5 Å². The highest BCUT2D eigenvalue weighted by Gasteiger charge is 2.13. The van der Waals surface area contributed by atoms with E-state index in [4.69, 9.17) is 24.0 Å². The van der Waals surface area contributed by atoms with Gasteiger partial charge in [0, 0.05) is 28.9 Å². The van der Waals surface area contributed by atoms with Gasteiger partial charge in [0.25, 0.3) is 0 Å². The first kappa shape index (κ1) is 28.2. The summed E-state index contributed by atoms with van der Waals surface area (Å²) < 4.78 is 22.2. The molecule has 9 nitrogen and oxygen atoms in total. The molecule has 0 N–H and O–H groups in total. The van der Waals surface area contributed by atoms with Crippen molar-refractivity contribution in [2.75, 3.05) is 18.2 Å². The molecule has 9 heteroatoms. The summed E-state index contributed by atoms with van der Waals surface area (Å²) >= 11 is 0. The number of ether oxygens (including phenoxy) is 4. The van der Waals surface area contributed by atoms with Crippen LogP contribution in [0.1, 0.15) is 25.0 Å². The number of nitrogens with zero attached hydrogens (tertiary/aromatic N) is 3. The van der Waals surface area contributed by atoms with Gasteiger partial charge in [-0.1, -0.05) is 36.4 Å². The number of rotatable bonds is 9. The minimum atomic E-state index is -0.742. The number of anilines is 2. The first-order valence-corrected chi connectivity index (χ1v) is 13.6. The van der Waals surface area contributed by atoms with Crippen LogP contribution in [0.5, 0.6) is 5.75 Å². The largest absolute Gasteiger partial charge is 0.513 e. The molecule has 0 radical (unpaired) electrons. The van der Waals surface area contributed by atoms with Crippen LogP contribution < -0.4 is 9.75 Å². The summed E-state index contributed by atoms with van der Waals surface area (Å²) in [4.78, 5) is 23.3. The van der Waals surface area contributed by atoms with Gasteiger partial charge in [0.1, 0.15) is 12.4 Å². The smallest absolute Gasteiger partial charge is 0.435 e. The molecule has 0 fully saturated rings. The molecule has 0 amide bonds. The molecule has 0 unspecified atom stereocenters. The molecule has 0 bridgehead atoms. The predicted molar refractivity (Wildman–Crippen MR) is 163 cm³/mol. The lowest BCUT2D eigenvalue weighted by molar-refractivity contribution is 0.0536. The maximum Gasteiger partial charge on any atom is 0.513 e. The highest BCUT2D eigenvalue weighted by molar-refractivity contribution is 6.09. The Balaban J connectivity index is 1.42. The zero-order valence-corrected chi connectivity index (χ0v) is 23.7. The van der Waals surface area contributed by atoms with E-state index >= 15 is 0 Å². The number of hydrogen-bond donors (Lipinski definition) is 0. The lowest BCUT2D eigenvalue weighted by atomic mass is 10.1. The number of hydrogen-bond acceptors (Lipinski definition) is 8. The van der Waals surface area contributed by atoms with Gasteiger partial charge >= 0.3 is 12.3 Å². The normalized spacial score (nSPS) is 11.1. The quantitative estimate of drug-likeness (QED) is 0.0782. The third-order valence-electron chi connectivity index (χ3n) is 6.58. The molecule has 5 aromatic rings. The Bertz CT molecular complexity index is 1730. The third-order valence-corrected chi connectivity index (χ3v) is 6.58. The molecular formula is C33H31N3O6. The monoisotopic (exact) mass is 565 g/mol. The van der Waals surface area contributed by atoms with Gasteiger partial charge in [-0.05, 0) is 79.6 Å². The molecule has 0 saturated heterocycles. The van der Waals surface area contributed by atoms with Crippen LogP contribution in [0.25, 0.3) is 21.8 Å². The fourth-order valence-corrected chi connectivity index (χ4v) is 4.62. The van der Waals surface area contributed by atoms with Gasteiger partial charge in [-0.2, -0.15) is 5.10 Å². The van der Waals surface area contributed by atoms with Crippen molar-refractivity contribution in [2.24, 2.45) is 12.1 Å². The van der Waals surface area contributed by atoms with E-state index in [0.717, 1.165) is 44.3 Å². The molecule has 1 aromatic heterocycles. The number of aryl methyl sites for hydroxylation is 1. The minimum absolute atomic E-state index is 0.140. The number of fused-ring (bicyclic) bond motifs is 3. The maximum atomic E-state index is 11.7. The van der Waals surface area contributed by atoms with E-state index in [1.54, 1.807) is 26.0 Å². The Morgan fingerprint density at radius 3 is 2.21 bits per heavy atom. The number of aromatic nitrogens is 1. The molecule has 1 heterocycles. The van der Waals surface area contributed by atoms with Crippen LogP contribution in [0.4, 0.5) is 21.0 Å². The number of carbonyl (C=O) groups is 2. The molecule has 214 valence electrons. The summed E-state index contributed by atoms with van der Waals surface area (Å²) in [5.74, 6) is 0.381. The third kappa shape index (κ3) is 6.36. The summed E-state index contributed by atoms with van der Waals surface area (Å²) in [6, 6.07) is 29.0. The molecule has 0 aliphatic rings. The van der Waals surface area contributed by atoms with Crippen LogP contribution in [0, 0.1) is 0 Å². The maximum absolute atomic E-state index is 11.7. The molecule has 0 aliphatic carbocycles. The SMILES string of the molecule is CCOC(=O)OCc1ccc2c(c1)c1ccc(C=NN(c3ccccc3)c3ccc(OC(=O)OCC)cc3)cc1n2C. The lowest BCUT2D eigenvalue weighted by Crippen LogP contribution is -2.11. The summed E-state index contributed by atoms with van der Waals surface area (Å²) in [5.41, 5.74) is 5.57. The second-order valence-corrected chi connectivity index (χ2v) is 9.33. The minimum Gasteiger partial charge on any atom is -0.435 e. The number of carbonyl (C=O) groups excluding carboxylic acids is 2. The van der Waals surface area contributed by atoms with Crippen molar-refractivity contribution in [1.82, 2.24) is 4.57 Å². The van der Waals surface area contributed by atoms with Gasteiger partial charge in [-0.25, -0.2) is 14.6 Å². The zero-order valence-electron chi connectivity index (χ0n) is 23.7. The summed E-state index contributed by atoms with van der Waals surface area (Å²) in [5, 5.41) is 8.79. The first-order valence-electron chi connectivity index (χ1n) is 13.6. The highest BCUT2D eigenvalue weighted by Crippen LogP contribution is 2.31. The molecule has 0 saturated carbocycles. The predicted octanol–water partition coefficient (Wildman–Crippen LogP) is 7.71. The molecule has 0 atom stereocenters. The summed E-state index contributed by atoms with van der Waals surface area (Å²) in [7, 11) is 2.02. The highest BCUT2D eigenvalue weighted by atomic mass is 16.7. The Labute approximate surface area is 243 Å². The van der Waals surface area contributed by atoms with Gasteiger partial charge in [0.05, 0.1) is 30.8 Å². The van der Waals surface area contributed by atoms with Gasteiger partial charge < -0.3 is 23.5 Å². The molecule has 5 rings (SSSR count). The standard InChI is InChI=1S/C33H31N3O6/c1-4-39-32(37)41-22-24-12-18-30-29(19-24)28-17-11-23(20-31(28)35(30)3)21-34-36(25-9-7-6-8-10-25)26-13-15-27(16-14-26)42-33(38)40-5-2/h6-21H,4-5,22H2,1-3H3. The van der Waals surface area contributed by atoms with E-state index in [-0.39, 0.29) is 19.8 Å². The molecule has 42 heavy (non-hydrogen) atoms. The molecule has 4 aromatic carbocycles. The topological polar surface area (TPSA) is 91.6 Å². The van der Waals surface area contributed by atoms with Crippen LogP contribution in [0.15, 0.2) is 96.1 Å². The Morgan fingerprint density at radius 1 is 0.762 bits per heavy atom. The zero-order chi connectivity index (χ0) is 29.5. The fourth-order valence-electron chi connectivity index (χ4n) is 4.62. The van der Waals surface area contributed by atoms with Crippen molar-refractivity contribution >= 4 is 51.7 Å². The summed E-state index contributed by atoms with van der Waals surface area (Å²) in [6.07, 6.45) is 0.393. The van der Waals surface area contributed by atoms with E-state index in [2.05, 4.69) is 16.7 Å². The van der Waals surface area contributed by atoms with Crippen molar-refractivity contribution in [3.05, 3.63) is 102 Å². The Morgan fingerprint density at radius 2 is 1.48 bits per heavy atom. The number of para-hydroxylation sites is 1. The average Bonchev–Trinajstić information content (AvgIpc) is 3.28. The molecular weight excluding hydrogens is 534 g/mol. The van der Waals surface area contributed by atoms with Crippen molar-refractivity contribution in [3.63, 3.8) is 0 Å². The van der Waals surface area contributed by atoms with Crippen LogP contribution in [-0.4, -0.2) is 36.3 Å². The van der Waals surface area contributed by atoms with E-state index in [9.17, 15) is 9.59 Å². The molecule has 0 aliphatic heterocycles. The van der Waals surface area contributed by atoms with Crippen molar-refractivity contribution < 1.29 is 28.5 Å². The van der Waals surface area contributed by atoms with Gasteiger partial charge in [-0.3, -0.25) is 0 Å². The van der Waals surface area contributed by atoms with E-state index in [0.29, 0.717) is 5.75 Å². The van der Waals surface area contributed by atoms with E-state index in [1.165, 1.54) is 0 Å². The van der Waals surface area contributed by atoms with E-state index < -0.39 is 12.3 Å². The van der Waals surface area contributed by atoms with Gasteiger partial charge in [0.2, 0.25) is 0 Å². The van der Waals surface area contributed by atoms with Gasteiger partial charge in [-0.15, -0.1) is 0 Å². The first-order chi connectivity index (χ1) is 20.5. The number of hydrazone groups is 1. The van der Waals surface area contributed by atoms with Crippen LogP contribution in [0.2, 0.25) is 0 Å². The second-order valence-electron chi connectivity index (χ2n) is 9.33. The Kier molecular flexibility index (Phi) is 8.67. The lowest BCUT2D eigenvalue weighted by Gasteiger charge is -2.19. The Hall–Kier alpha value is -5.31. The van der Waals surface area contributed by atoms with Crippen LogP contribution in [0.3, 0.4) is 0 Å². The number of benzene rings is 4. The molecule has 0 spiro atoms. The van der Waals surface area contributed by atoms with Crippen molar-refractivity contribution in [3.8, 4) is 5.75 Å². The van der Waals surface area contributed by atoms with Gasteiger partial charge in [0.15, 0.2) is 0 Å². The second kappa shape index (κ2) is 12.9. The fraction of sp³-hybridized carbons (Fsp3) is 0.182. The van der Waals surface area contributed by atoms with Crippen LogP contribution in [-0.2, 0) is 27.9 Å². The average molecular weight is 566 g/mol. The summed E-state index contributed by atoms with van der Waals surface area (Å²) in [6.45, 7) is 4.12.